The van der Waals surface area contributed by atoms with Crippen LogP contribution in [0.5, 0.6) is 0 Å². The van der Waals surface area contributed by atoms with Gasteiger partial charge in [0.1, 0.15) is 0 Å². The van der Waals surface area contributed by atoms with E-state index in [1.165, 1.54) is 12.0 Å². The third-order valence-electron chi connectivity index (χ3n) is 3.33. The van der Waals surface area contributed by atoms with Crippen molar-refractivity contribution in [3.05, 3.63) is 29.3 Å². The smallest absolute Gasteiger partial charge is 0.339 e. The number of nitrogens with one attached hydrogen (secondary N) is 2. The van der Waals surface area contributed by atoms with Crippen molar-refractivity contribution in [2.24, 2.45) is 0 Å². The van der Waals surface area contributed by atoms with E-state index >= 15 is 0 Å². The van der Waals surface area contributed by atoms with Crippen LogP contribution in [-0.4, -0.2) is 55.5 Å². The number of esters is 1. The van der Waals surface area contributed by atoms with Gasteiger partial charge >= 0.3 is 5.97 Å². The molecule has 7 heteroatoms. The minimum Gasteiger partial charge on any atom is -0.465 e. The molecule has 7 nitrogen and oxygen atoms in total. The lowest BCUT2D eigenvalue weighted by molar-refractivity contribution is -0.133. The summed E-state index contributed by atoms with van der Waals surface area (Å²) in [6.07, 6.45) is 0. The SMILES string of the molecule is COC(=O)c1cc(C)ccc1NCC(=O)N(C)CC(=O)NC(C)(C)C. The lowest BCUT2D eigenvalue weighted by Gasteiger charge is -2.23. The van der Waals surface area contributed by atoms with E-state index < -0.39 is 5.97 Å². The van der Waals surface area contributed by atoms with Crippen LogP contribution in [0.4, 0.5) is 5.69 Å². The molecule has 0 bridgehead atoms. The molecule has 1 rings (SSSR count). The van der Waals surface area contributed by atoms with Crippen molar-refractivity contribution in [3.8, 4) is 0 Å². The van der Waals surface area contributed by atoms with Crippen molar-refractivity contribution >= 4 is 23.5 Å². The monoisotopic (exact) mass is 349 g/mol. The van der Waals surface area contributed by atoms with E-state index in [4.69, 9.17) is 4.74 Å². The third kappa shape index (κ3) is 6.82. The summed E-state index contributed by atoms with van der Waals surface area (Å²) in [6.45, 7) is 7.42. The number of ether oxygens (including phenoxy) is 1. The fourth-order valence-corrected chi connectivity index (χ4v) is 2.16. The lowest BCUT2D eigenvalue weighted by atomic mass is 10.1. The molecule has 1 aromatic rings. The average Bonchev–Trinajstić information content (AvgIpc) is 2.50. The van der Waals surface area contributed by atoms with Gasteiger partial charge in [-0.1, -0.05) is 11.6 Å². The molecule has 138 valence electrons. The molecule has 0 fully saturated rings. The zero-order chi connectivity index (χ0) is 19.2. The summed E-state index contributed by atoms with van der Waals surface area (Å²) in [6, 6.07) is 5.25. The highest BCUT2D eigenvalue weighted by molar-refractivity contribution is 5.96. The Balaban J connectivity index is 2.67. The number of rotatable bonds is 6. The van der Waals surface area contributed by atoms with E-state index in [0.717, 1.165) is 5.56 Å². The number of methoxy groups -OCH3 is 1. The van der Waals surface area contributed by atoms with Crippen molar-refractivity contribution in [1.29, 1.82) is 0 Å². The van der Waals surface area contributed by atoms with E-state index in [0.29, 0.717) is 11.3 Å². The van der Waals surface area contributed by atoms with E-state index in [9.17, 15) is 14.4 Å². The summed E-state index contributed by atoms with van der Waals surface area (Å²) in [5.74, 6) is -0.967. The summed E-state index contributed by atoms with van der Waals surface area (Å²) in [7, 11) is 2.86. The number of amides is 2. The van der Waals surface area contributed by atoms with Gasteiger partial charge in [0.05, 0.1) is 25.8 Å². The van der Waals surface area contributed by atoms with Gasteiger partial charge in [-0.2, -0.15) is 0 Å². The first-order chi connectivity index (χ1) is 11.5. The second kappa shape index (κ2) is 8.50. The molecule has 0 saturated heterocycles. The molecule has 2 amide bonds. The first kappa shape index (κ1) is 20.5. The van der Waals surface area contributed by atoms with Gasteiger partial charge in [-0.25, -0.2) is 4.79 Å². The van der Waals surface area contributed by atoms with Gasteiger partial charge in [-0.3, -0.25) is 9.59 Å². The standard InChI is InChI=1S/C18H27N3O4/c1-12-7-8-14(13(9-12)17(24)25-6)19-10-16(23)21(5)11-15(22)20-18(2,3)4/h7-9,19H,10-11H2,1-6H3,(H,20,22). The Kier molecular flexibility index (Phi) is 6.97. The number of hydrogen-bond acceptors (Lipinski definition) is 5. The Morgan fingerprint density at radius 1 is 1.20 bits per heavy atom. The highest BCUT2D eigenvalue weighted by Crippen LogP contribution is 2.18. The molecule has 0 aliphatic rings. The van der Waals surface area contributed by atoms with E-state index in [1.807, 2.05) is 33.8 Å². The van der Waals surface area contributed by atoms with Crippen LogP contribution in [0, 0.1) is 6.92 Å². The van der Waals surface area contributed by atoms with E-state index in [-0.39, 0.29) is 30.4 Å². The van der Waals surface area contributed by atoms with Gasteiger partial charge in [-0.15, -0.1) is 0 Å². The summed E-state index contributed by atoms with van der Waals surface area (Å²) in [4.78, 5) is 37.2. The minimum absolute atomic E-state index is 0.0322. The van der Waals surface area contributed by atoms with Crippen LogP contribution in [-0.2, 0) is 14.3 Å². The van der Waals surface area contributed by atoms with Crippen molar-refractivity contribution in [2.45, 2.75) is 33.2 Å². The highest BCUT2D eigenvalue weighted by atomic mass is 16.5. The average molecular weight is 349 g/mol. The number of nitrogens with zero attached hydrogens (tertiary/aromatic N) is 1. The molecule has 0 aromatic heterocycles. The van der Waals surface area contributed by atoms with Gasteiger partial charge in [0.15, 0.2) is 0 Å². The summed E-state index contributed by atoms with van der Waals surface area (Å²) >= 11 is 0. The molecule has 25 heavy (non-hydrogen) atoms. The number of likely N-dealkylation sites (N-methyl/N-ethyl adjacent to an activating group) is 1. The molecule has 0 aliphatic carbocycles. The van der Waals surface area contributed by atoms with Crippen LogP contribution in [0.25, 0.3) is 0 Å². The molecular formula is C18H27N3O4. The van der Waals surface area contributed by atoms with Gasteiger partial charge in [0, 0.05) is 18.3 Å². The zero-order valence-corrected chi connectivity index (χ0v) is 15.7. The molecule has 2 N–H and O–H groups in total. The maximum atomic E-state index is 12.2. The van der Waals surface area contributed by atoms with E-state index in [1.54, 1.807) is 19.2 Å². The number of carbonyl (C=O) groups is 3. The fourth-order valence-electron chi connectivity index (χ4n) is 2.16. The molecule has 0 spiro atoms. The number of hydrogen-bond donors (Lipinski definition) is 2. The van der Waals surface area contributed by atoms with Crippen LogP contribution >= 0.6 is 0 Å². The largest absolute Gasteiger partial charge is 0.465 e. The molecule has 0 heterocycles. The molecular weight excluding hydrogens is 322 g/mol. The number of benzene rings is 1. The molecule has 0 saturated carbocycles. The number of carbonyl (C=O) groups excluding carboxylic acids is 3. The van der Waals surface area contributed by atoms with Crippen molar-refractivity contribution in [1.82, 2.24) is 10.2 Å². The molecule has 1 aromatic carbocycles. The fraction of sp³-hybridized carbons (Fsp3) is 0.500. The summed E-state index contributed by atoms with van der Waals surface area (Å²) in [5.41, 5.74) is 1.44. The summed E-state index contributed by atoms with van der Waals surface area (Å²) in [5, 5.41) is 5.74. The van der Waals surface area contributed by atoms with Gasteiger partial charge in [0.25, 0.3) is 0 Å². The maximum absolute atomic E-state index is 12.2. The van der Waals surface area contributed by atoms with Crippen molar-refractivity contribution < 1.29 is 19.1 Å². The quantitative estimate of drug-likeness (QED) is 0.761. The zero-order valence-electron chi connectivity index (χ0n) is 15.7. The predicted octanol–water partition coefficient (Wildman–Crippen LogP) is 1.57. The second-order valence-electron chi connectivity index (χ2n) is 6.94. The van der Waals surface area contributed by atoms with Crippen LogP contribution < -0.4 is 10.6 Å². The molecule has 0 radical (unpaired) electrons. The van der Waals surface area contributed by atoms with Crippen LogP contribution in [0.2, 0.25) is 0 Å². The van der Waals surface area contributed by atoms with Crippen LogP contribution in [0.15, 0.2) is 18.2 Å². The topological polar surface area (TPSA) is 87.7 Å². The Morgan fingerprint density at radius 3 is 2.40 bits per heavy atom. The number of aryl methyl sites for hydroxylation is 1. The van der Waals surface area contributed by atoms with Crippen LogP contribution in [0.1, 0.15) is 36.7 Å². The Morgan fingerprint density at radius 2 is 1.84 bits per heavy atom. The highest BCUT2D eigenvalue weighted by Gasteiger charge is 2.18. The normalized spacial score (nSPS) is 10.8. The Hall–Kier alpha value is -2.57. The lowest BCUT2D eigenvalue weighted by Crippen LogP contribution is -2.47. The maximum Gasteiger partial charge on any atom is 0.339 e. The Labute approximate surface area is 148 Å². The third-order valence-corrected chi connectivity index (χ3v) is 3.33. The molecule has 0 unspecified atom stereocenters. The first-order valence-corrected chi connectivity index (χ1v) is 8.01. The van der Waals surface area contributed by atoms with E-state index in [2.05, 4.69) is 10.6 Å². The Bertz CT molecular complexity index is 650. The second-order valence-corrected chi connectivity index (χ2v) is 6.94. The first-order valence-electron chi connectivity index (χ1n) is 8.01. The van der Waals surface area contributed by atoms with Crippen molar-refractivity contribution in [3.63, 3.8) is 0 Å². The van der Waals surface area contributed by atoms with Gasteiger partial charge < -0.3 is 20.3 Å². The number of anilines is 1. The van der Waals surface area contributed by atoms with Gasteiger partial charge in [0.2, 0.25) is 11.8 Å². The molecule has 0 aliphatic heterocycles. The van der Waals surface area contributed by atoms with Gasteiger partial charge in [-0.05, 0) is 39.8 Å². The predicted molar refractivity (Wildman–Crippen MR) is 96.5 cm³/mol. The molecule has 0 atom stereocenters. The summed E-state index contributed by atoms with van der Waals surface area (Å²) < 4.78 is 4.76. The van der Waals surface area contributed by atoms with Crippen molar-refractivity contribution in [2.75, 3.05) is 32.6 Å². The minimum atomic E-state index is -0.475. The van der Waals surface area contributed by atoms with Crippen LogP contribution in [0.3, 0.4) is 0 Å².